The summed E-state index contributed by atoms with van der Waals surface area (Å²) in [4.78, 5) is 8.72. The van der Waals surface area contributed by atoms with Gasteiger partial charge in [0.15, 0.2) is 0 Å². The molecule has 0 aliphatic rings. The molecule has 0 bridgehead atoms. The first-order valence-corrected chi connectivity index (χ1v) is 6.83. The quantitative estimate of drug-likeness (QED) is 0.589. The zero-order chi connectivity index (χ0) is 14.7. The summed E-state index contributed by atoms with van der Waals surface area (Å²) < 4.78 is 0. The molecule has 1 heterocycles. The van der Waals surface area contributed by atoms with Gasteiger partial charge < -0.3 is 10.7 Å². The van der Waals surface area contributed by atoms with Crippen molar-refractivity contribution in [1.29, 1.82) is 0 Å². The van der Waals surface area contributed by atoms with Crippen LogP contribution in [-0.2, 0) is 0 Å². The smallest absolute Gasteiger partial charge is 0.145 e. The van der Waals surface area contributed by atoms with Crippen molar-refractivity contribution >= 4 is 40.5 Å². The van der Waals surface area contributed by atoms with Crippen LogP contribution in [0, 0.1) is 0 Å². The Labute approximate surface area is 127 Å². The SMILES string of the molecule is CC(C)c1nc(NN)cc(Nc2ccc(Cl)cc2Cl)n1. The lowest BCUT2D eigenvalue weighted by atomic mass is 10.2. The van der Waals surface area contributed by atoms with Crippen LogP contribution in [-0.4, -0.2) is 9.97 Å². The van der Waals surface area contributed by atoms with Gasteiger partial charge in [-0.1, -0.05) is 37.0 Å². The van der Waals surface area contributed by atoms with E-state index < -0.39 is 0 Å². The Bertz CT molecular complexity index is 616. The number of hydrogen-bond donors (Lipinski definition) is 3. The molecule has 0 saturated heterocycles. The lowest BCUT2D eigenvalue weighted by Crippen LogP contribution is -2.12. The predicted octanol–water partition coefficient (Wildman–Crippen LogP) is 3.94. The number of rotatable bonds is 4. The Morgan fingerprint density at radius 3 is 2.40 bits per heavy atom. The van der Waals surface area contributed by atoms with Crippen molar-refractivity contribution in [1.82, 2.24) is 9.97 Å². The van der Waals surface area contributed by atoms with E-state index in [2.05, 4.69) is 20.7 Å². The standard InChI is InChI=1S/C13H15Cl2N5/c1-7(2)13-18-11(6-12(19-13)20-16)17-10-4-3-8(14)5-9(10)15/h3-7H,16H2,1-2H3,(H2,17,18,19,20). The van der Waals surface area contributed by atoms with E-state index in [9.17, 15) is 0 Å². The molecule has 0 aliphatic heterocycles. The summed E-state index contributed by atoms with van der Waals surface area (Å²) in [5, 5.41) is 4.23. The minimum atomic E-state index is 0.185. The fourth-order valence-electron chi connectivity index (χ4n) is 1.59. The molecular weight excluding hydrogens is 297 g/mol. The largest absolute Gasteiger partial charge is 0.339 e. The molecule has 2 aromatic rings. The summed E-state index contributed by atoms with van der Waals surface area (Å²) in [5.74, 6) is 7.44. The number of nitrogens with zero attached hydrogens (tertiary/aromatic N) is 2. The van der Waals surface area contributed by atoms with Gasteiger partial charge in [0.25, 0.3) is 0 Å². The van der Waals surface area contributed by atoms with Crippen molar-refractivity contribution in [2.24, 2.45) is 5.84 Å². The van der Waals surface area contributed by atoms with E-state index in [-0.39, 0.29) is 5.92 Å². The number of anilines is 3. The molecule has 0 aliphatic carbocycles. The van der Waals surface area contributed by atoms with Crippen LogP contribution in [0.25, 0.3) is 0 Å². The van der Waals surface area contributed by atoms with Crippen molar-refractivity contribution in [3.63, 3.8) is 0 Å². The van der Waals surface area contributed by atoms with Crippen molar-refractivity contribution < 1.29 is 0 Å². The van der Waals surface area contributed by atoms with E-state index in [0.29, 0.717) is 33.2 Å². The Kier molecular flexibility index (Phi) is 4.65. The molecule has 2 rings (SSSR count). The van der Waals surface area contributed by atoms with E-state index in [0.717, 1.165) is 0 Å². The molecule has 106 valence electrons. The second-order valence-corrected chi connectivity index (χ2v) is 5.39. The molecule has 0 atom stereocenters. The van der Waals surface area contributed by atoms with Crippen LogP contribution in [0.5, 0.6) is 0 Å². The highest BCUT2D eigenvalue weighted by Crippen LogP contribution is 2.28. The third-order valence-corrected chi connectivity index (χ3v) is 3.15. The van der Waals surface area contributed by atoms with Gasteiger partial charge in [-0.05, 0) is 18.2 Å². The van der Waals surface area contributed by atoms with Gasteiger partial charge in [-0.15, -0.1) is 0 Å². The summed E-state index contributed by atoms with van der Waals surface area (Å²) in [5.41, 5.74) is 3.24. The molecule has 0 unspecified atom stereocenters. The normalized spacial score (nSPS) is 10.7. The Hall–Kier alpha value is -1.56. The zero-order valence-electron chi connectivity index (χ0n) is 11.1. The second kappa shape index (κ2) is 6.26. The van der Waals surface area contributed by atoms with Crippen LogP contribution < -0.4 is 16.6 Å². The fraction of sp³-hybridized carbons (Fsp3) is 0.231. The lowest BCUT2D eigenvalue weighted by Gasteiger charge is -2.12. The van der Waals surface area contributed by atoms with Gasteiger partial charge in [-0.2, -0.15) is 0 Å². The molecular formula is C13H15Cl2N5. The Morgan fingerprint density at radius 2 is 1.80 bits per heavy atom. The number of nitrogens with one attached hydrogen (secondary N) is 2. The van der Waals surface area contributed by atoms with Crippen molar-refractivity contribution in [2.75, 3.05) is 10.7 Å². The fourth-order valence-corrected chi connectivity index (χ4v) is 2.05. The maximum Gasteiger partial charge on any atom is 0.145 e. The van der Waals surface area contributed by atoms with Crippen LogP contribution in [0.1, 0.15) is 25.6 Å². The molecule has 0 radical (unpaired) electrons. The monoisotopic (exact) mass is 311 g/mol. The molecule has 1 aromatic heterocycles. The highest BCUT2D eigenvalue weighted by atomic mass is 35.5. The second-order valence-electron chi connectivity index (χ2n) is 4.54. The van der Waals surface area contributed by atoms with Crippen LogP contribution in [0.4, 0.5) is 17.3 Å². The molecule has 7 heteroatoms. The molecule has 0 spiro atoms. The third-order valence-electron chi connectivity index (χ3n) is 2.60. The van der Waals surface area contributed by atoms with E-state index in [1.165, 1.54) is 0 Å². The molecule has 0 fully saturated rings. The highest BCUT2D eigenvalue weighted by molar-refractivity contribution is 6.36. The van der Waals surface area contributed by atoms with Crippen LogP contribution in [0.2, 0.25) is 10.0 Å². The molecule has 5 nitrogen and oxygen atoms in total. The predicted molar refractivity (Wildman–Crippen MR) is 83.7 cm³/mol. The minimum absolute atomic E-state index is 0.185. The number of benzene rings is 1. The first kappa shape index (κ1) is 14.8. The molecule has 1 aromatic carbocycles. The number of nitrogen functional groups attached to an aromatic ring is 1. The molecule has 20 heavy (non-hydrogen) atoms. The van der Waals surface area contributed by atoms with Gasteiger partial charge in [0.1, 0.15) is 17.5 Å². The van der Waals surface area contributed by atoms with Crippen molar-refractivity contribution in [3.05, 3.63) is 40.1 Å². The average molecular weight is 312 g/mol. The first-order chi connectivity index (χ1) is 9.49. The number of hydrogen-bond acceptors (Lipinski definition) is 5. The van der Waals surface area contributed by atoms with Crippen molar-refractivity contribution in [3.8, 4) is 0 Å². The highest BCUT2D eigenvalue weighted by Gasteiger charge is 2.09. The van der Waals surface area contributed by atoms with Gasteiger partial charge in [-0.3, -0.25) is 0 Å². The van der Waals surface area contributed by atoms with Gasteiger partial charge in [-0.25, -0.2) is 15.8 Å². The maximum atomic E-state index is 6.12. The van der Waals surface area contributed by atoms with Crippen LogP contribution in [0.15, 0.2) is 24.3 Å². The summed E-state index contributed by atoms with van der Waals surface area (Å²) in [6.07, 6.45) is 0. The van der Waals surface area contributed by atoms with Crippen LogP contribution >= 0.6 is 23.2 Å². The number of halogens is 2. The lowest BCUT2D eigenvalue weighted by molar-refractivity contribution is 0.777. The third kappa shape index (κ3) is 3.50. The summed E-state index contributed by atoms with van der Waals surface area (Å²) in [7, 11) is 0. The van der Waals surface area contributed by atoms with Gasteiger partial charge in [0.05, 0.1) is 10.7 Å². The average Bonchev–Trinajstić information content (AvgIpc) is 2.41. The van der Waals surface area contributed by atoms with E-state index in [1.807, 2.05) is 13.8 Å². The summed E-state index contributed by atoms with van der Waals surface area (Å²) in [6, 6.07) is 6.91. The number of hydrazine groups is 1. The zero-order valence-corrected chi connectivity index (χ0v) is 12.6. The van der Waals surface area contributed by atoms with E-state index in [4.69, 9.17) is 29.0 Å². The molecule has 0 amide bonds. The Morgan fingerprint density at radius 1 is 1.10 bits per heavy atom. The first-order valence-electron chi connectivity index (χ1n) is 6.07. The number of aromatic nitrogens is 2. The molecule has 4 N–H and O–H groups in total. The minimum Gasteiger partial charge on any atom is -0.339 e. The van der Waals surface area contributed by atoms with E-state index >= 15 is 0 Å². The number of nitrogens with two attached hydrogens (primary N) is 1. The van der Waals surface area contributed by atoms with E-state index in [1.54, 1.807) is 24.3 Å². The maximum absolute atomic E-state index is 6.12. The van der Waals surface area contributed by atoms with Gasteiger partial charge >= 0.3 is 0 Å². The topological polar surface area (TPSA) is 75.9 Å². The summed E-state index contributed by atoms with van der Waals surface area (Å²) in [6.45, 7) is 4.02. The van der Waals surface area contributed by atoms with Crippen LogP contribution in [0.3, 0.4) is 0 Å². The van der Waals surface area contributed by atoms with Gasteiger partial charge in [0, 0.05) is 17.0 Å². The molecule has 0 saturated carbocycles. The van der Waals surface area contributed by atoms with Crippen molar-refractivity contribution in [2.45, 2.75) is 19.8 Å². The Balaban J connectivity index is 2.34. The van der Waals surface area contributed by atoms with Gasteiger partial charge in [0.2, 0.25) is 0 Å². The summed E-state index contributed by atoms with van der Waals surface area (Å²) >= 11 is 12.0.